The van der Waals surface area contributed by atoms with Gasteiger partial charge in [-0.25, -0.2) is 9.97 Å². The van der Waals surface area contributed by atoms with Crippen molar-refractivity contribution in [2.45, 2.75) is 38.9 Å². The van der Waals surface area contributed by atoms with Crippen LogP contribution in [0.5, 0.6) is 5.75 Å². The minimum absolute atomic E-state index is 0.384. The lowest BCUT2D eigenvalue weighted by molar-refractivity contribution is 0.00578. The molecule has 110 valence electrons. The lowest BCUT2D eigenvalue weighted by atomic mass is 9.77. The zero-order valence-corrected chi connectivity index (χ0v) is 13.0. The molecule has 1 aliphatic heterocycles. The molecule has 0 radical (unpaired) electrons. The van der Waals surface area contributed by atoms with Crippen molar-refractivity contribution >= 4 is 23.5 Å². The van der Waals surface area contributed by atoms with E-state index in [1.807, 2.05) is 39.8 Å². The second kappa shape index (κ2) is 4.68. The highest BCUT2D eigenvalue weighted by atomic mass is 16.7. The van der Waals surface area contributed by atoms with Gasteiger partial charge in [-0.15, -0.1) is 0 Å². The molecule has 0 atom stereocenters. The maximum atomic E-state index is 6.10. The molecule has 6 heteroatoms. The fourth-order valence-corrected chi connectivity index (χ4v) is 2.36. The van der Waals surface area contributed by atoms with Crippen molar-refractivity contribution in [3.05, 3.63) is 24.7 Å². The Morgan fingerprint density at radius 3 is 2.38 bits per heavy atom. The summed E-state index contributed by atoms with van der Waals surface area (Å²) in [5.41, 5.74) is 0.927. The van der Waals surface area contributed by atoms with Gasteiger partial charge in [0, 0.05) is 23.1 Å². The number of ether oxygens (including phenoxy) is 1. The van der Waals surface area contributed by atoms with Crippen molar-refractivity contribution < 1.29 is 14.0 Å². The predicted molar refractivity (Wildman–Crippen MR) is 81.8 cm³/mol. The van der Waals surface area contributed by atoms with Gasteiger partial charge in [0.2, 0.25) is 0 Å². The number of fused-ring (bicyclic) bond motifs is 1. The highest BCUT2D eigenvalue weighted by molar-refractivity contribution is 6.63. The molecule has 0 unspecified atom stereocenters. The van der Waals surface area contributed by atoms with Crippen molar-refractivity contribution in [3.8, 4) is 5.75 Å². The largest absolute Gasteiger partial charge is 0.498 e. The normalized spacial score (nSPS) is 20.0. The zero-order chi connectivity index (χ0) is 15.3. The summed E-state index contributed by atoms with van der Waals surface area (Å²) < 4.78 is 17.7. The first kappa shape index (κ1) is 14.3. The minimum atomic E-state index is -0.463. The van der Waals surface area contributed by atoms with Gasteiger partial charge in [0.1, 0.15) is 12.1 Å². The number of hydrogen-bond donors (Lipinski definition) is 0. The molecule has 1 aliphatic rings. The topological polar surface area (TPSA) is 53.5 Å². The molecule has 0 N–H and O–H groups in total. The Kier molecular flexibility index (Phi) is 3.18. The fourth-order valence-electron chi connectivity index (χ4n) is 2.36. The van der Waals surface area contributed by atoms with E-state index in [0.29, 0.717) is 5.75 Å². The maximum Gasteiger partial charge on any atom is 0.498 e. The molecule has 0 saturated carbocycles. The summed E-state index contributed by atoms with van der Waals surface area (Å²) in [7, 11) is 1.17. The average molecular weight is 286 g/mol. The molecule has 2 aromatic rings. The number of benzene rings is 1. The van der Waals surface area contributed by atoms with Crippen LogP contribution in [0.15, 0.2) is 24.7 Å². The number of methoxy groups -OCH3 is 1. The van der Waals surface area contributed by atoms with Crippen LogP contribution in [0.3, 0.4) is 0 Å². The number of nitrogens with zero attached hydrogens (tertiary/aromatic N) is 2. The molecule has 1 aromatic heterocycles. The summed E-state index contributed by atoms with van der Waals surface area (Å²) in [6.07, 6.45) is 3.30. The van der Waals surface area contributed by atoms with Crippen molar-refractivity contribution in [2.24, 2.45) is 0 Å². The first-order valence-electron chi connectivity index (χ1n) is 6.97. The maximum absolute atomic E-state index is 6.10. The first-order valence-corrected chi connectivity index (χ1v) is 6.97. The van der Waals surface area contributed by atoms with E-state index in [9.17, 15) is 0 Å². The van der Waals surface area contributed by atoms with Gasteiger partial charge in [0.25, 0.3) is 0 Å². The van der Waals surface area contributed by atoms with E-state index in [2.05, 4.69) is 9.97 Å². The van der Waals surface area contributed by atoms with Gasteiger partial charge in [-0.3, -0.25) is 0 Å². The van der Waals surface area contributed by atoms with Gasteiger partial charge >= 0.3 is 7.12 Å². The smallest absolute Gasteiger partial charge is 0.497 e. The van der Waals surface area contributed by atoms with E-state index in [1.165, 1.54) is 6.33 Å². The molecule has 0 spiro atoms. The van der Waals surface area contributed by atoms with E-state index in [0.717, 1.165) is 16.4 Å². The van der Waals surface area contributed by atoms with Crippen LogP contribution < -0.4 is 10.2 Å². The van der Waals surface area contributed by atoms with Crippen LogP contribution in [0.25, 0.3) is 10.9 Å². The van der Waals surface area contributed by atoms with E-state index >= 15 is 0 Å². The molecular weight excluding hydrogens is 267 g/mol. The van der Waals surface area contributed by atoms with Crippen LogP contribution in [0.1, 0.15) is 27.7 Å². The Hall–Kier alpha value is -1.66. The number of hydrogen-bond acceptors (Lipinski definition) is 5. The molecule has 5 nitrogen and oxygen atoms in total. The van der Waals surface area contributed by atoms with Gasteiger partial charge in [-0.05, 0) is 33.8 Å². The molecule has 0 bridgehead atoms. The molecule has 1 fully saturated rings. The van der Waals surface area contributed by atoms with Crippen LogP contribution in [-0.4, -0.2) is 35.4 Å². The van der Waals surface area contributed by atoms with Crippen molar-refractivity contribution in [1.82, 2.24) is 9.97 Å². The zero-order valence-electron chi connectivity index (χ0n) is 13.0. The molecule has 0 aliphatic carbocycles. The fraction of sp³-hybridized carbons (Fsp3) is 0.467. The van der Waals surface area contributed by atoms with E-state index < -0.39 is 7.12 Å². The Bertz CT molecular complexity index is 672. The van der Waals surface area contributed by atoms with Crippen molar-refractivity contribution in [1.29, 1.82) is 0 Å². The van der Waals surface area contributed by atoms with E-state index in [4.69, 9.17) is 14.0 Å². The Labute approximate surface area is 124 Å². The molecule has 3 rings (SSSR count). The van der Waals surface area contributed by atoms with E-state index in [-0.39, 0.29) is 11.2 Å². The molecule has 2 heterocycles. The molecule has 1 aromatic carbocycles. The monoisotopic (exact) mass is 286 g/mol. The van der Waals surface area contributed by atoms with Gasteiger partial charge < -0.3 is 14.0 Å². The first-order chi connectivity index (χ1) is 9.84. The molecular formula is C15H19BN2O3. The van der Waals surface area contributed by atoms with Crippen molar-refractivity contribution in [3.63, 3.8) is 0 Å². The average Bonchev–Trinajstić information content (AvgIpc) is 2.66. The van der Waals surface area contributed by atoms with Gasteiger partial charge in [-0.2, -0.15) is 0 Å². The standard InChI is InChI=1S/C15H19BN2O3/c1-14(2)15(3,4)21-16(20-14)11-6-10-8-17-9-18-12(10)7-13(11)19-5/h6-9H,1-5H3. The predicted octanol–water partition coefficient (Wildman–Crippen LogP) is 1.94. The quantitative estimate of drug-likeness (QED) is 0.790. The Morgan fingerprint density at radius 1 is 1.10 bits per heavy atom. The number of rotatable bonds is 2. The molecule has 0 amide bonds. The number of aromatic nitrogens is 2. The third-order valence-corrected chi connectivity index (χ3v) is 4.36. The summed E-state index contributed by atoms with van der Waals surface area (Å²) in [6, 6.07) is 3.85. The van der Waals surface area contributed by atoms with Gasteiger partial charge in [0.15, 0.2) is 0 Å². The third-order valence-electron chi connectivity index (χ3n) is 4.36. The van der Waals surface area contributed by atoms with Crippen LogP contribution in [0.4, 0.5) is 0 Å². The van der Waals surface area contributed by atoms with Crippen LogP contribution >= 0.6 is 0 Å². The van der Waals surface area contributed by atoms with Crippen LogP contribution in [-0.2, 0) is 9.31 Å². The minimum Gasteiger partial charge on any atom is -0.497 e. The summed E-state index contributed by atoms with van der Waals surface area (Å²) in [6.45, 7) is 8.13. The molecule has 21 heavy (non-hydrogen) atoms. The van der Waals surface area contributed by atoms with Crippen LogP contribution in [0.2, 0.25) is 0 Å². The summed E-state index contributed by atoms with van der Waals surface area (Å²) in [5.74, 6) is 0.708. The highest BCUT2D eigenvalue weighted by Crippen LogP contribution is 2.37. The molecule has 1 saturated heterocycles. The lowest BCUT2D eigenvalue weighted by Crippen LogP contribution is -2.41. The highest BCUT2D eigenvalue weighted by Gasteiger charge is 2.52. The second-order valence-electron chi connectivity index (χ2n) is 6.26. The summed E-state index contributed by atoms with van der Waals surface area (Å²) >= 11 is 0. The van der Waals surface area contributed by atoms with Crippen molar-refractivity contribution in [2.75, 3.05) is 7.11 Å². The Balaban J connectivity index is 2.08. The second-order valence-corrected chi connectivity index (χ2v) is 6.26. The Morgan fingerprint density at radius 2 is 1.76 bits per heavy atom. The summed E-state index contributed by atoms with van der Waals surface area (Å²) in [5, 5.41) is 0.933. The van der Waals surface area contributed by atoms with E-state index in [1.54, 1.807) is 13.3 Å². The summed E-state index contributed by atoms with van der Waals surface area (Å²) in [4.78, 5) is 8.30. The van der Waals surface area contributed by atoms with Gasteiger partial charge in [-0.1, -0.05) is 0 Å². The third kappa shape index (κ3) is 2.28. The lowest BCUT2D eigenvalue weighted by Gasteiger charge is -2.32. The van der Waals surface area contributed by atoms with Crippen LogP contribution in [0, 0.1) is 0 Å². The van der Waals surface area contributed by atoms with Gasteiger partial charge in [0.05, 0.1) is 23.8 Å². The SMILES string of the molecule is COc1cc2ncncc2cc1B1OC(C)(C)C(C)(C)O1.